The molecule has 1 heteroatoms. The van der Waals surface area contributed by atoms with E-state index in [2.05, 4.69) is 50.7 Å². The summed E-state index contributed by atoms with van der Waals surface area (Å²) in [6.45, 7) is 12.2. The maximum Gasteiger partial charge on any atom is -0.0215 e. The Labute approximate surface area is 96.2 Å². The second-order valence-corrected chi connectivity index (χ2v) is 2.15. The van der Waals surface area contributed by atoms with Gasteiger partial charge in [0, 0.05) is 0 Å². The van der Waals surface area contributed by atoms with Crippen LogP contribution in [0.2, 0.25) is 0 Å². The largest absolute Gasteiger partial charge is 0.183 e. The molecule has 1 aromatic rings. The van der Waals surface area contributed by atoms with Crippen molar-refractivity contribution in [2.75, 3.05) is 6.26 Å². The fraction of sp³-hybridized carbons (Fsp3) is 0.538. The van der Waals surface area contributed by atoms with E-state index in [1.54, 1.807) is 6.26 Å². The molecule has 84 valence electrons. The molecule has 14 heavy (non-hydrogen) atoms. The molecule has 0 spiro atoms. The topological polar surface area (TPSA) is 0 Å². The van der Waals surface area contributed by atoms with E-state index in [0.29, 0.717) is 0 Å². The molecular weight excluding hydrogens is 188 g/mol. The molecule has 0 radical (unpaired) electrons. The van der Waals surface area contributed by atoms with Crippen LogP contribution in [0.4, 0.5) is 0 Å². The third kappa shape index (κ3) is 14.1. The van der Waals surface area contributed by atoms with Gasteiger partial charge in [-0.05, 0) is 20.1 Å². The monoisotopic (exact) mass is 214 g/mol. The Hall–Kier alpha value is -0.430. The van der Waals surface area contributed by atoms with Crippen LogP contribution in [0, 0.1) is 13.8 Å². The molecule has 0 aromatic heterocycles. The highest BCUT2D eigenvalue weighted by Crippen LogP contribution is 1.99. The molecular formula is C13H26S. The summed E-state index contributed by atoms with van der Waals surface area (Å²) >= 11 is 3.53. The third-order valence-electron chi connectivity index (χ3n) is 1.22. The summed E-state index contributed by atoms with van der Waals surface area (Å²) in [7, 11) is 0. The van der Waals surface area contributed by atoms with Gasteiger partial charge in [0.25, 0.3) is 0 Å². The smallest absolute Gasteiger partial charge is 0.0215 e. The van der Waals surface area contributed by atoms with E-state index in [1.165, 1.54) is 11.1 Å². The standard InChI is InChI=1S/C8H10.2C2H6.CH4S/c1-7-3-5-8(2)6-4-7;3*1-2/h3-6H,1-2H3;2*1-2H3;2H,1H3. The lowest BCUT2D eigenvalue weighted by Gasteiger charge is -1.90. The van der Waals surface area contributed by atoms with Crippen molar-refractivity contribution in [2.45, 2.75) is 41.5 Å². The van der Waals surface area contributed by atoms with Crippen molar-refractivity contribution in [1.29, 1.82) is 0 Å². The number of aryl methyl sites for hydroxylation is 2. The van der Waals surface area contributed by atoms with Gasteiger partial charge in [0.2, 0.25) is 0 Å². The van der Waals surface area contributed by atoms with E-state index in [-0.39, 0.29) is 0 Å². The minimum Gasteiger partial charge on any atom is -0.183 e. The van der Waals surface area contributed by atoms with Crippen molar-refractivity contribution >= 4 is 12.6 Å². The third-order valence-corrected chi connectivity index (χ3v) is 1.22. The molecule has 0 atom stereocenters. The van der Waals surface area contributed by atoms with Gasteiger partial charge in [0.15, 0.2) is 0 Å². The summed E-state index contributed by atoms with van der Waals surface area (Å²) < 4.78 is 0. The lowest BCUT2D eigenvalue weighted by atomic mass is 10.2. The van der Waals surface area contributed by atoms with Gasteiger partial charge in [-0.1, -0.05) is 63.1 Å². The van der Waals surface area contributed by atoms with Crippen LogP contribution in [0.5, 0.6) is 0 Å². The second-order valence-electron chi connectivity index (χ2n) is 2.15. The first-order valence-electron chi connectivity index (χ1n) is 5.27. The Bertz CT molecular complexity index is 144. The van der Waals surface area contributed by atoms with Gasteiger partial charge in [0.05, 0.1) is 0 Å². The van der Waals surface area contributed by atoms with Gasteiger partial charge in [-0.25, -0.2) is 0 Å². The zero-order valence-corrected chi connectivity index (χ0v) is 11.7. The van der Waals surface area contributed by atoms with Crippen LogP contribution in [0.25, 0.3) is 0 Å². The number of hydrogen-bond donors (Lipinski definition) is 1. The first-order chi connectivity index (χ1) is 6.79. The highest BCUT2D eigenvalue weighted by molar-refractivity contribution is 7.79. The van der Waals surface area contributed by atoms with Gasteiger partial charge in [0.1, 0.15) is 0 Å². The minimum absolute atomic E-state index is 1.33. The molecule has 1 rings (SSSR count). The maximum absolute atomic E-state index is 3.53. The summed E-state index contributed by atoms with van der Waals surface area (Å²) in [6, 6.07) is 8.48. The van der Waals surface area contributed by atoms with Gasteiger partial charge in [-0.15, -0.1) is 0 Å². The Morgan fingerprint density at radius 2 is 0.786 bits per heavy atom. The summed E-state index contributed by atoms with van der Waals surface area (Å²) in [6.07, 6.45) is 1.69. The Balaban J connectivity index is -0.000000174. The predicted octanol–water partition coefficient (Wildman–Crippen LogP) is 4.90. The molecule has 0 heterocycles. The molecule has 0 bridgehead atoms. The number of rotatable bonds is 0. The summed E-state index contributed by atoms with van der Waals surface area (Å²) in [5.41, 5.74) is 2.66. The van der Waals surface area contributed by atoms with E-state index >= 15 is 0 Å². The van der Waals surface area contributed by atoms with Gasteiger partial charge >= 0.3 is 0 Å². The van der Waals surface area contributed by atoms with Crippen molar-refractivity contribution in [3.8, 4) is 0 Å². The lowest BCUT2D eigenvalue weighted by molar-refractivity contribution is 1.40. The van der Waals surface area contributed by atoms with E-state index < -0.39 is 0 Å². The lowest BCUT2D eigenvalue weighted by Crippen LogP contribution is -1.70. The zero-order valence-electron chi connectivity index (χ0n) is 10.8. The highest BCUT2D eigenvalue weighted by Gasteiger charge is 1.79. The molecule has 0 saturated heterocycles. The van der Waals surface area contributed by atoms with E-state index in [4.69, 9.17) is 0 Å². The molecule has 0 N–H and O–H groups in total. The molecule has 0 amide bonds. The van der Waals surface area contributed by atoms with Gasteiger partial charge in [-0.3, -0.25) is 0 Å². The first-order valence-corrected chi connectivity index (χ1v) is 6.16. The average molecular weight is 214 g/mol. The SMILES string of the molecule is CC.CC.CS.Cc1ccc(C)cc1. The quantitative estimate of drug-likeness (QED) is 0.583. The Morgan fingerprint density at radius 1 is 0.643 bits per heavy atom. The van der Waals surface area contributed by atoms with E-state index in [9.17, 15) is 0 Å². The van der Waals surface area contributed by atoms with Crippen LogP contribution in [-0.4, -0.2) is 6.26 Å². The number of thiol groups is 1. The van der Waals surface area contributed by atoms with Crippen molar-refractivity contribution in [3.05, 3.63) is 35.4 Å². The summed E-state index contributed by atoms with van der Waals surface area (Å²) in [5.74, 6) is 0. The Kier molecular flexibility index (Phi) is 25.2. The normalized spacial score (nSPS) is 6.57. The number of benzene rings is 1. The molecule has 1 aromatic carbocycles. The maximum atomic E-state index is 3.53. The van der Waals surface area contributed by atoms with Crippen molar-refractivity contribution in [2.24, 2.45) is 0 Å². The minimum atomic E-state index is 1.33. The Morgan fingerprint density at radius 3 is 0.929 bits per heavy atom. The molecule has 0 aliphatic carbocycles. The highest BCUT2D eigenvalue weighted by atomic mass is 32.1. The van der Waals surface area contributed by atoms with Gasteiger partial charge < -0.3 is 0 Å². The van der Waals surface area contributed by atoms with Crippen LogP contribution >= 0.6 is 12.6 Å². The molecule has 0 aliphatic heterocycles. The number of hydrogen-bond acceptors (Lipinski definition) is 1. The molecule has 0 aliphatic rings. The average Bonchev–Trinajstić information content (AvgIpc) is 2.31. The summed E-state index contributed by atoms with van der Waals surface area (Å²) in [5, 5.41) is 0. The molecule has 0 fully saturated rings. The predicted molar refractivity (Wildman–Crippen MR) is 73.5 cm³/mol. The van der Waals surface area contributed by atoms with Crippen LogP contribution in [0.3, 0.4) is 0 Å². The first kappa shape index (κ1) is 19.2. The summed E-state index contributed by atoms with van der Waals surface area (Å²) in [4.78, 5) is 0. The zero-order chi connectivity index (χ0) is 12.0. The van der Waals surface area contributed by atoms with Crippen LogP contribution < -0.4 is 0 Å². The van der Waals surface area contributed by atoms with E-state index in [0.717, 1.165) is 0 Å². The fourth-order valence-corrected chi connectivity index (χ4v) is 0.637. The molecule has 0 saturated carbocycles. The van der Waals surface area contributed by atoms with Crippen molar-refractivity contribution < 1.29 is 0 Å². The van der Waals surface area contributed by atoms with Crippen LogP contribution in [-0.2, 0) is 0 Å². The van der Waals surface area contributed by atoms with Crippen LogP contribution in [0.15, 0.2) is 24.3 Å². The fourth-order valence-electron chi connectivity index (χ4n) is 0.637. The van der Waals surface area contributed by atoms with Gasteiger partial charge in [-0.2, -0.15) is 12.6 Å². The van der Waals surface area contributed by atoms with Crippen LogP contribution in [0.1, 0.15) is 38.8 Å². The second kappa shape index (κ2) is 18.4. The van der Waals surface area contributed by atoms with E-state index in [1.807, 2.05) is 27.7 Å². The molecule has 0 nitrogen and oxygen atoms in total. The van der Waals surface area contributed by atoms with Crippen molar-refractivity contribution in [1.82, 2.24) is 0 Å². The van der Waals surface area contributed by atoms with Crippen molar-refractivity contribution in [3.63, 3.8) is 0 Å². The molecule has 0 unspecified atom stereocenters.